The Morgan fingerprint density at radius 1 is 1.54 bits per heavy atom. The van der Waals surface area contributed by atoms with Gasteiger partial charge in [0.1, 0.15) is 5.25 Å². The first kappa shape index (κ1) is 18.2. The fraction of sp³-hybridized carbons (Fsp3) is 0.357. The minimum Gasteiger partial charge on any atom is -0.325 e. The summed E-state index contributed by atoms with van der Waals surface area (Å²) in [5.41, 5.74) is -0.0455. The average Bonchev–Trinajstić information content (AvgIpc) is 2.87. The first-order valence-electron chi connectivity index (χ1n) is 7.16. The number of nitro groups is 1. The van der Waals surface area contributed by atoms with Gasteiger partial charge in [-0.05, 0) is 12.5 Å². The molecule has 1 saturated heterocycles. The lowest BCUT2D eigenvalue weighted by atomic mass is 10.2. The zero-order chi connectivity index (χ0) is 17.7. The number of amidine groups is 1. The minimum absolute atomic E-state index is 0.0827. The summed E-state index contributed by atoms with van der Waals surface area (Å²) in [6, 6.07) is 3.76. The topological polar surface area (TPSA) is 114 Å². The molecule has 10 heteroatoms. The molecular formula is C14H15ClN4O4S. The normalized spacial score (nSPS) is 18.5. The van der Waals surface area contributed by atoms with Gasteiger partial charge < -0.3 is 10.6 Å². The summed E-state index contributed by atoms with van der Waals surface area (Å²) in [6.07, 6.45) is 0.775. The Bertz CT molecular complexity index is 710. The van der Waals surface area contributed by atoms with E-state index in [1.165, 1.54) is 30.0 Å². The number of amides is 2. The molecule has 1 aromatic carbocycles. The third-order valence-corrected chi connectivity index (χ3v) is 4.51. The van der Waals surface area contributed by atoms with Crippen LogP contribution in [0.4, 0.5) is 11.4 Å². The van der Waals surface area contributed by atoms with Crippen molar-refractivity contribution in [2.75, 3.05) is 11.9 Å². The molecule has 0 saturated carbocycles. The third kappa shape index (κ3) is 4.68. The molecule has 24 heavy (non-hydrogen) atoms. The van der Waals surface area contributed by atoms with E-state index in [0.717, 1.165) is 6.42 Å². The number of nitro benzene ring substituents is 1. The van der Waals surface area contributed by atoms with Crippen LogP contribution in [0.2, 0.25) is 5.02 Å². The number of benzene rings is 1. The van der Waals surface area contributed by atoms with Gasteiger partial charge in [-0.3, -0.25) is 24.7 Å². The Morgan fingerprint density at radius 3 is 2.96 bits per heavy atom. The van der Waals surface area contributed by atoms with Crippen molar-refractivity contribution < 1.29 is 14.5 Å². The number of carbonyl (C=O) groups excluding carboxylic acids is 2. The average molecular weight is 371 g/mol. The third-order valence-electron chi connectivity index (χ3n) is 3.06. The van der Waals surface area contributed by atoms with Crippen LogP contribution in [0, 0.1) is 10.1 Å². The highest BCUT2D eigenvalue weighted by Gasteiger charge is 2.32. The van der Waals surface area contributed by atoms with Crippen molar-refractivity contribution in [2.24, 2.45) is 4.99 Å². The molecule has 1 atom stereocenters. The molecule has 2 rings (SSSR count). The number of anilines is 1. The lowest BCUT2D eigenvalue weighted by Crippen LogP contribution is -2.28. The maximum atomic E-state index is 12.1. The van der Waals surface area contributed by atoms with E-state index in [9.17, 15) is 19.7 Å². The molecule has 1 aliphatic heterocycles. The van der Waals surface area contributed by atoms with E-state index in [2.05, 4.69) is 15.6 Å². The van der Waals surface area contributed by atoms with Crippen LogP contribution in [0.15, 0.2) is 23.2 Å². The van der Waals surface area contributed by atoms with Gasteiger partial charge in [0.25, 0.3) is 5.69 Å². The quantitative estimate of drug-likeness (QED) is 0.590. The molecular weight excluding hydrogens is 356 g/mol. The van der Waals surface area contributed by atoms with Crippen molar-refractivity contribution >= 4 is 51.7 Å². The van der Waals surface area contributed by atoms with Crippen molar-refractivity contribution in [2.45, 2.75) is 25.0 Å². The molecule has 0 aliphatic carbocycles. The van der Waals surface area contributed by atoms with Crippen LogP contribution in [-0.2, 0) is 9.59 Å². The number of aliphatic imine (C=N–C) groups is 1. The first-order chi connectivity index (χ1) is 11.4. The molecule has 1 fully saturated rings. The Morgan fingerprint density at radius 2 is 2.29 bits per heavy atom. The second-order valence-corrected chi connectivity index (χ2v) is 6.55. The van der Waals surface area contributed by atoms with E-state index in [0.29, 0.717) is 11.7 Å². The van der Waals surface area contributed by atoms with Gasteiger partial charge in [0, 0.05) is 25.1 Å². The van der Waals surface area contributed by atoms with E-state index in [4.69, 9.17) is 11.6 Å². The molecule has 0 spiro atoms. The summed E-state index contributed by atoms with van der Waals surface area (Å²) >= 11 is 7.13. The number of thioether (sulfide) groups is 1. The summed E-state index contributed by atoms with van der Waals surface area (Å²) in [5.74, 6) is -0.739. The smallest absolute Gasteiger partial charge is 0.271 e. The summed E-state index contributed by atoms with van der Waals surface area (Å²) in [6.45, 7) is 2.57. The number of carbonyl (C=O) groups is 2. The van der Waals surface area contributed by atoms with Gasteiger partial charge in [-0.1, -0.05) is 30.3 Å². The first-order valence-corrected chi connectivity index (χ1v) is 8.42. The number of nitrogens with one attached hydrogen (secondary N) is 2. The maximum absolute atomic E-state index is 12.1. The molecule has 2 amide bonds. The van der Waals surface area contributed by atoms with Crippen molar-refractivity contribution in [3.63, 3.8) is 0 Å². The summed E-state index contributed by atoms with van der Waals surface area (Å²) in [4.78, 5) is 38.3. The van der Waals surface area contributed by atoms with E-state index in [1.807, 2.05) is 6.92 Å². The highest BCUT2D eigenvalue weighted by atomic mass is 35.5. The Balaban J connectivity index is 2.00. The van der Waals surface area contributed by atoms with Crippen molar-refractivity contribution in [1.29, 1.82) is 0 Å². The van der Waals surface area contributed by atoms with E-state index < -0.39 is 16.1 Å². The van der Waals surface area contributed by atoms with Gasteiger partial charge in [0.2, 0.25) is 11.8 Å². The molecule has 1 aliphatic rings. The summed E-state index contributed by atoms with van der Waals surface area (Å²) < 4.78 is 0. The Labute approximate surface area is 147 Å². The zero-order valence-electron chi connectivity index (χ0n) is 12.7. The number of hydrogen-bond acceptors (Lipinski definition) is 6. The number of non-ortho nitro benzene ring substituents is 1. The Hall–Kier alpha value is -2.13. The van der Waals surface area contributed by atoms with Gasteiger partial charge in [-0.2, -0.15) is 0 Å². The van der Waals surface area contributed by atoms with Crippen LogP contribution in [0.25, 0.3) is 0 Å². The molecule has 8 nitrogen and oxygen atoms in total. The summed E-state index contributed by atoms with van der Waals surface area (Å²) in [5, 5.41) is 16.0. The Kier molecular flexibility index (Phi) is 6.16. The lowest BCUT2D eigenvalue weighted by molar-refractivity contribution is -0.384. The monoisotopic (exact) mass is 370 g/mol. The van der Waals surface area contributed by atoms with Crippen LogP contribution in [0.3, 0.4) is 0 Å². The number of hydrogen-bond donors (Lipinski definition) is 2. The van der Waals surface area contributed by atoms with Crippen LogP contribution in [-0.4, -0.2) is 33.7 Å². The van der Waals surface area contributed by atoms with Gasteiger partial charge in [0.15, 0.2) is 5.17 Å². The zero-order valence-corrected chi connectivity index (χ0v) is 14.3. The highest BCUT2D eigenvalue weighted by molar-refractivity contribution is 8.15. The van der Waals surface area contributed by atoms with Gasteiger partial charge in [-0.15, -0.1) is 0 Å². The fourth-order valence-corrected chi connectivity index (χ4v) is 3.08. The highest BCUT2D eigenvalue weighted by Crippen LogP contribution is 2.28. The molecule has 2 N–H and O–H groups in total. The fourth-order valence-electron chi connectivity index (χ4n) is 1.92. The molecule has 0 aromatic heterocycles. The SMILES string of the molecule is CCCN=C1NC(=O)[C@H](CC(=O)Nc2cc([N+](=O)[O-])ccc2Cl)S1. The van der Waals surface area contributed by atoms with E-state index >= 15 is 0 Å². The molecule has 0 bridgehead atoms. The molecule has 0 radical (unpaired) electrons. The van der Waals surface area contributed by atoms with Gasteiger partial charge >= 0.3 is 0 Å². The second-order valence-electron chi connectivity index (χ2n) is 4.96. The van der Waals surface area contributed by atoms with Crippen molar-refractivity contribution in [3.05, 3.63) is 33.3 Å². The van der Waals surface area contributed by atoms with Crippen molar-refractivity contribution in [3.8, 4) is 0 Å². The number of halogens is 1. The van der Waals surface area contributed by atoms with E-state index in [-0.39, 0.29) is 28.7 Å². The predicted molar refractivity (Wildman–Crippen MR) is 93.5 cm³/mol. The number of rotatable bonds is 6. The van der Waals surface area contributed by atoms with Crippen LogP contribution in [0.5, 0.6) is 0 Å². The molecule has 1 heterocycles. The minimum atomic E-state index is -0.585. The van der Waals surface area contributed by atoms with Gasteiger partial charge in [0.05, 0.1) is 15.6 Å². The standard InChI is InChI=1S/C14H15ClN4O4S/c1-2-5-16-14-18-13(21)11(24-14)7-12(20)17-10-6-8(19(22)23)3-4-9(10)15/h3-4,6,11H,2,5,7H2,1H3,(H,17,20)(H,16,18,21)/t11-/m0/s1. The molecule has 128 valence electrons. The van der Waals surface area contributed by atoms with Crippen LogP contribution < -0.4 is 10.6 Å². The van der Waals surface area contributed by atoms with Gasteiger partial charge in [-0.25, -0.2) is 0 Å². The number of nitrogens with zero attached hydrogens (tertiary/aromatic N) is 2. The van der Waals surface area contributed by atoms with Crippen molar-refractivity contribution in [1.82, 2.24) is 5.32 Å². The van der Waals surface area contributed by atoms with E-state index in [1.54, 1.807) is 0 Å². The predicted octanol–water partition coefficient (Wildman–Crippen LogP) is 2.57. The summed E-state index contributed by atoms with van der Waals surface area (Å²) in [7, 11) is 0. The van der Waals surface area contributed by atoms with Crippen LogP contribution >= 0.6 is 23.4 Å². The van der Waals surface area contributed by atoms with Crippen LogP contribution in [0.1, 0.15) is 19.8 Å². The largest absolute Gasteiger partial charge is 0.325 e. The second kappa shape index (κ2) is 8.11. The molecule has 1 aromatic rings. The molecule has 0 unspecified atom stereocenters. The maximum Gasteiger partial charge on any atom is 0.271 e. The lowest BCUT2D eigenvalue weighted by Gasteiger charge is -2.08.